The largest absolute Gasteiger partial charge is 0.362 e. The molecule has 0 saturated carbocycles. The number of aromatic nitrogens is 2. The van der Waals surface area contributed by atoms with Crippen LogP contribution in [0.5, 0.6) is 0 Å². The fourth-order valence-electron chi connectivity index (χ4n) is 3.96. The molecule has 0 aromatic carbocycles. The Morgan fingerprint density at radius 3 is 2.73 bits per heavy atom. The molecule has 1 aromatic heterocycles. The minimum atomic E-state index is -0.410. The summed E-state index contributed by atoms with van der Waals surface area (Å²) >= 11 is 18.8. The Morgan fingerprint density at radius 1 is 1.27 bits per heavy atom. The molecule has 8 nitrogen and oxygen atoms in total. The summed E-state index contributed by atoms with van der Waals surface area (Å²) in [6.07, 6.45) is 4.64. The maximum Gasteiger partial charge on any atom is 0.245 e. The van der Waals surface area contributed by atoms with E-state index in [1.54, 1.807) is 17.2 Å². The standard InChI is InChI=1S/C22H23Cl3N6O2/c1-13(15-4-2-3-14(23)11-16(15)24)27-20-17(25)12-26-22(29-20)31-9-7-30(8-10-31)21(33)18-5-6-19(32)28-18/h11-13,18H,4-10H2,1H3,(H,28,32)(H,26,27,29)/t13?,18-/m1/s1. The summed E-state index contributed by atoms with van der Waals surface area (Å²) in [5.41, 5.74) is 0.891. The Hall–Kier alpha value is -2.47. The fourth-order valence-corrected chi connectivity index (χ4v) is 4.68. The van der Waals surface area contributed by atoms with Gasteiger partial charge in [0.25, 0.3) is 0 Å². The van der Waals surface area contributed by atoms with Crippen molar-refractivity contribution in [1.29, 1.82) is 0 Å². The molecule has 2 N–H and O–H groups in total. The summed E-state index contributed by atoms with van der Waals surface area (Å²) < 4.78 is 0. The Balaban J connectivity index is 1.41. The number of nitrogens with zero attached hydrogens (tertiary/aromatic N) is 4. The average molecular weight is 510 g/mol. The van der Waals surface area contributed by atoms with Crippen LogP contribution in [0.3, 0.4) is 0 Å². The number of nitrogens with one attached hydrogen (secondary N) is 2. The van der Waals surface area contributed by atoms with E-state index in [9.17, 15) is 9.59 Å². The SMILES string of the molecule is CC(Nc1nc(N2CCN(C(=O)[C@H]3CCC(=O)N3)CC2)ncc1Cl)C1=C(Cl)C=C(Cl)C#CC1. The van der Waals surface area contributed by atoms with Gasteiger partial charge >= 0.3 is 0 Å². The van der Waals surface area contributed by atoms with Gasteiger partial charge in [0.1, 0.15) is 11.1 Å². The van der Waals surface area contributed by atoms with Crippen LogP contribution < -0.4 is 15.5 Å². The van der Waals surface area contributed by atoms with E-state index < -0.39 is 6.04 Å². The van der Waals surface area contributed by atoms with Crippen LogP contribution in [-0.2, 0) is 9.59 Å². The smallest absolute Gasteiger partial charge is 0.245 e. The predicted octanol–water partition coefficient (Wildman–Crippen LogP) is 2.88. The number of anilines is 2. The van der Waals surface area contributed by atoms with Crippen molar-refractivity contribution in [2.75, 3.05) is 36.4 Å². The van der Waals surface area contributed by atoms with E-state index in [4.69, 9.17) is 34.8 Å². The summed E-state index contributed by atoms with van der Waals surface area (Å²) in [4.78, 5) is 36.8. The van der Waals surface area contributed by atoms with E-state index in [0.29, 0.717) is 72.3 Å². The van der Waals surface area contributed by atoms with E-state index in [1.165, 1.54) is 0 Å². The lowest BCUT2D eigenvalue weighted by Crippen LogP contribution is -2.53. The second-order valence-corrected chi connectivity index (χ2v) is 9.27. The van der Waals surface area contributed by atoms with Crippen LogP contribution in [0, 0.1) is 11.8 Å². The molecule has 2 amide bonds. The third kappa shape index (κ3) is 5.55. The van der Waals surface area contributed by atoms with Crippen LogP contribution in [0.2, 0.25) is 5.02 Å². The number of allylic oxidation sites excluding steroid dienone is 3. The highest BCUT2D eigenvalue weighted by Crippen LogP contribution is 2.28. The first-order chi connectivity index (χ1) is 15.8. The fraction of sp³-hybridized carbons (Fsp3) is 0.455. The molecule has 2 atom stereocenters. The Bertz CT molecular complexity index is 1090. The molecule has 3 heterocycles. The molecule has 0 radical (unpaired) electrons. The summed E-state index contributed by atoms with van der Waals surface area (Å²) in [5, 5.41) is 7.36. The molecule has 11 heteroatoms. The van der Waals surface area contributed by atoms with E-state index in [0.717, 1.165) is 5.57 Å². The molecule has 3 aliphatic rings. The van der Waals surface area contributed by atoms with E-state index in [2.05, 4.69) is 32.4 Å². The third-order valence-corrected chi connectivity index (χ3v) is 6.65. The van der Waals surface area contributed by atoms with Crippen molar-refractivity contribution in [1.82, 2.24) is 20.2 Å². The van der Waals surface area contributed by atoms with Gasteiger partial charge in [-0.1, -0.05) is 46.6 Å². The monoisotopic (exact) mass is 508 g/mol. The maximum atomic E-state index is 12.6. The lowest BCUT2D eigenvalue weighted by Gasteiger charge is -2.36. The van der Waals surface area contributed by atoms with E-state index >= 15 is 0 Å². The quantitative estimate of drug-likeness (QED) is 0.593. The van der Waals surface area contributed by atoms with Gasteiger partial charge in [-0.25, -0.2) is 4.98 Å². The van der Waals surface area contributed by atoms with Gasteiger partial charge in [0.2, 0.25) is 17.8 Å². The number of hydrogen-bond donors (Lipinski definition) is 2. The second-order valence-electron chi connectivity index (χ2n) is 8.05. The number of amides is 2. The van der Waals surface area contributed by atoms with Gasteiger partial charge in [0.15, 0.2) is 5.82 Å². The van der Waals surface area contributed by atoms with Crippen molar-refractivity contribution in [3.63, 3.8) is 0 Å². The Morgan fingerprint density at radius 2 is 2.03 bits per heavy atom. The Labute approximate surface area is 207 Å². The predicted molar refractivity (Wildman–Crippen MR) is 129 cm³/mol. The highest BCUT2D eigenvalue weighted by molar-refractivity contribution is 6.36. The molecule has 33 heavy (non-hydrogen) atoms. The minimum absolute atomic E-state index is 0.0282. The van der Waals surface area contributed by atoms with Crippen LogP contribution in [0.1, 0.15) is 26.2 Å². The van der Waals surface area contributed by atoms with Crippen LogP contribution in [0.15, 0.2) is 27.9 Å². The lowest BCUT2D eigenvalue weighted by molar-refractivity contribution is -0.134. The van der Waals surface area contributed by atoms with Gasteiger partial charge in [-0.2, -0.15) is 4.98 Å². The van der Waals surface area contributed by atoms with Gasteiger partial charge in [0, 0.05) is 50.1 Å². The van der Waals surface area contributed by atoms with Gasteiger partial charge in [-0.05, 0) is 25.0 Å². The van der Waals surface area contributed by atoms with Gasteiger partial charge in [-0.3, -0.25) is 9.59 Å². The number of halogens is 3. The van der Waals surface area contributed by atoms with Crippen molar-refractivity contribution in [2.24, 2.45) is 0 Å². The average Bonchev–Trinajstić information content (AvgIpc) is 3.15. The normalized spacial score (nSPS) is 21.6. The molecular weight excluding hydrogens is 487 g/mol. The molecule has 1 aromatic rings. The van der Waals surface area contributed by atoms with E-state index in [1.807, 2.05) is 11.8 Å². The second kappa shape index (κ2) is 10.2. The van der Waals surface area contributed by atoms with Gasteiger partial charge < -0.3 is 20.4 Å². The van der Waals surface area contributed by atoms with Crippen molar-refractivity contribution >= 4 is 58.4 Å². The summed E-state index contributed by atoms with van der Waals surface area (Å²) in [5.74, 6) is 6.75. The molecular formula is C22H23Cl3N6O2. The first kappa shape index (κ1) is 23.7. The molecule has 2 fully saturated rings. The number of rotatable bonds is 5. The highest BCUT2D eigenvalue weighted by atomic mass is 35.5. The molecule has 1 unspecified atom stereocenters. The molecule has 0 bridgehead atoms. The van der Waals surface area contributed by atoms with Gasteiger partial charge in [-0.15, -0.1) is 0 Å². The Kier molecular flexibility index (Phi) is 7.32. The molecule has 0 spiro atoms. The maximum absolute atomic E-state index is 12.6. The topological polar surface area (TPSA) is 90.5 Å². The lowest BCUT2D eigenvalue weighted by atomic mass is 10.1. The zero-order chi connectivity index (χ0) is 23.5. The van der Waals surface area contributed by atoms with Crippen molar-refractivity contribution in [3.05, 3.63) is 32.9 Å². The molecule has 174 valence electrons. The third-order valence-electron chi connectivity index (χ3n) is 5.82. The highest BCUT2D eigenvalue weighted by Gasteiger charge is 2.32. The number of piperazine rings is 1. The summed E-state index contributed by atoms with van der Waals surface area (Å²) in [6, 6.07) is -0.588. The van der Waals surface area contributed by atoms with Gasteiger partial charge in [0.05, 0.1) is 11.2 Å². The minimum Gasteiger partial charge on any atom is -0.362 e. The summed E-state index contributed by atoms with van der Waals surface area (Å²) in [6.45, 7) is 4.18. The first-order valence-electron chi connectivity index (χ1n) is 10.7. The molecule has 2 saturated heterocycles. The zero-order valence-electron chi connectivity index (χ0n) is 18.0. The van der Waals surface area contributed by atoms with Crippen LogP contribution in [0.25, 0.3) is 0 Å². The molecule has 1 aliphatic carbocycles. The first-order valence-corrected chi connectivity index (χ1v) is 11.8. The molecule has 4 rings (SSSR count). The number of hydrogen-bond acceptors (Lipinski definition) is 6. The van der Waals surface area contributed by atoms with Crippen molar-refractivity contribution in [3.8, 4) is 11.8 Å². The number of carbonyl (C=O) groups excluding carboxylic acids is 2. The summed E-state index contributed by atoms with van der Waals surface area (Å²) in [7, 11) is 0. The van der Waals surface area contributed by atoms with Crippen molar-refractivity contribution < 1.29 is 9.59 Å². The van der Waals surface area contributed by atoms with Crippen molar-refractivity contribution in [2.45, 2.75) is 38.3 Å². The van der Waals surface area contributed by atoms with Crippen LogP contribution >= 0.6 is 34.8 Å². The van der Waals surface area contributed by atoms with Crippen LogP contribution in [-0.4, -0.2) is 64.9 Å². The molecule has 2 aliphatic heterocycles. The van der Waals surface area contributed by atoms with E-state index in [-0.39, 0.29) is 17.9 Å². The zero-order valence-corrected chi connectivity index (χ0v) is 20.3. The number of carbonyl (C=O) groups is 2. The van der Waals surface area contributed by atoms with Crippen LogP contribution in [0.4, 0.5) is 11.8 Å².